The first kappa shape index (κ1) is 18.5. The van der Waals surface area contributed by atoms with Crippen LogP contribution in [0.15, 0.2) is 41.0 Å². The van der Waals surface area contributed by atoms with Gasteiger partial charge in [0.2, 0.25) is 5.91 Å². The number of hydrogen-bond acceptors (Lipinski definition) is 5. The summed E-state index contributed by atoms with van der Waals surface area (Å²) in [6, 6.07) is 8.14. The van der Waals surface area contributed by atoms with E-state index >= 15 is 0 Å². The molecule has 0 fully saturated rings. The molecule has 0 radical (unpaired) electrons. The lowest BCUT2D eigenvalue weighted by Gasteiger charge is -2.12. The molecule has 2 N–H and O–H groups in total. The molecule has 0 atom stereocenters. The van der Waals surface area contributed by atoms with Gasteiger partial charge < -0.3 is 24.5 Å². The maximum atomic E-state index is 12.1. The van der Waals surface area contributed by atoms with Crippen molar-refractivity contribution in [3.8, 4) is 5.75 Å². The van der Waals surface area contributed by atoms with Gasteiger partial charge in [-0.15, -0.1) is 0 Å². The fourth-order valence-corrected chi connectivity index (χ4v) is 2.08. The third-order valence-electron chi connectivity index (χ3n) is 3.35. The maximum absolute atomic E-state index is 12.1. The highest BCUT2D eigenvalue weighted by atomic mass is 16.5. The number of ether oxygens (including phenoxy) is 2. The van der Waals surface area contributed by atoms with Crippen molar-refractivity contribution < 1.29 is 23.5 Å². The molecule has 1 aromatic carbocycles. The van der Waals surface area contributed by atoms with E-state index in [2.05, 4.69) is 17.6 Å². The molecule has 134 valence electrons. The number of carbonyl (C=O) groups excluding carboxylic acids is 2. The number of furan rings is 1. The summed E-state index contributed by atoms with van der Waals surface area (Å²) in [6.45, 7) is 2.59. The zero-order chi connectivity index (χ0) is 18.1. The van der Waals surface area contributed by atoms with Gasteiger partial charge >= 0.3 is 0 Å². The van der Waals surface area contributed by atoms with E-state index in [4.69, 9.17) is 13.9 Å². The minimum atomic E-state index is -0.408. The smallest absolute Gasteiger partial charge is 0.291 e. The van der Waals surface area contributed by atoms with E-state index in [-0.39, 0.29) is 18.3 Å². The summed E-state index contributed by atoms with van der Waals surface area (Å²) < 4.78 is 15.6. The SMILES string of the molecule is CCCCOCC(=O)Nc1ccc(OC)c(NC(=O)c2ccco2)c1. The molecule has 0 aliphatic carbocycles. The molecule has 1 aromatic heterocycles. The summed E-state index contributed by atoms with van der Waals surface area (Å²) in [7, 11) is 1.50. The van der Waals surface area contributed by atoms with Gasteiger partial charge in [0.05, 0.1) is 19.1 Å². The topological polar surface area (TPSA) is 89.8 Å². The van der Waals surface area contributed by atoms with Crippen LogP contribution < -0.4 is 15.4 Å². The van der Waals surface area contributed by atoms with Gasteiger partial charge in [-0.05, 0) is 36.8 Å². The molecule has 0 saturated carbocycles. The summed E-state index contributed by atoms with van der Waals surface area (Å²) in [4.78, 5) is 24.0. The Bertz CT molecular complexity index is 697. The van der Waals surface area contributed by atoms with Crippen LogP contribution in [0.2, 0.25) is 0 Å². The normalized spacial score (nSPS) is 10.3. The van der Waals surface area contributed by atoms with Gasteiger partial charge in [0.15, 0.2) is 5.76 Å². The van der Waals surface area contributed by atoms with Crippen LogP contribution in [-0.2, 0) is 9.53 Å². The number of methoxy groups -OCH3 is 1. The lowest BCUT2D eigenvalue weighted by atomic mass is 10.2. The van der Waals surface area contributed by atoms with Gasteiger partial charge in [0, 0.05) is 12.3 Å². The van der Waals surface area contributed by atoms with Crippen LogP contribution in [0.4, 0.5) is 11.4 Å². The van der Waals surface area contributed by atoms with Crippen molar-refractivity contribution in [3.63, 3.8) is 0 Å². The second-order valence-corrected chi connectivity index (χ2v) is 5.30. The van der Waals surface area contributed by atoms with Crippen LogP contribution in [0.5, 0.6) is 5.75 Å². The number of carbonyl (C=O) groups is 2. The minimum Gasteiger partial charge on any atom is -0.495 e. The zero-order valence-electron chi connectivity index (χ0n) is 14.3. The highest BCUT2D eigenvalue weighted by molar-refractivity contribution is 6.03. The molecular formula is C18H22N2O5. The number of nitrogens with one attached hydrogen (secondary N) is 2. The van der Waals surface area contributed by atoms with Gasteiger partial charge in [-0.3, -0.25) is 9.59 Å². The Morgan fingerprint density at radius 1 is 1.20 bits per heavy atom. The molecule has 2 amide bonds. The molecule has 0 bridgehead atoms. The Balaban J connectivity index is 2.01. The third-order valence-corrected chi connectivity index (χ3v) is 3.35. The Labute approximate surface area is 146 Å². The van der Waals surface area contributed by atoms with Crippen molar-refractivity contribution in [1.29, 1.82) is 0 Å². The van der Waals surface area contributed by atoms with Crippen LogP contribution >= 0.6 is 0 Å². The predicted molar refractivity (Wildman–Crippen MR) is 94.0 cm³/mol. The first-order valence-corrected chi connectivity index (χ1v) is 8.04. The van der Waals surface area contributed by atoms with Crippen molar-refractivity contribution in [2.24, 2.45) is 0 Å². The second-order valence-electron chi connectivity index (χ2n) is 5.30. The number of unbranched alkanes of at least 4 members (excludes halogenated alkanes) is 1. The number of amides is 2. The van der Waals surface area contributed by atoms with E-state index in [0.29, 0.717) is 23.7 Å². The Kier molecular flexibility index (Phi) is 7.03. The van der Waals surface area contributed by atoms with E-state index in [1.165, 1.54) is 13.4 Å². The molecular weight excluding hydrogens is 324 g/mol. The Morgan fingerprint density at radius 2 is 2.04 bits per heavy atom. The molecule has 7 nitrogen and oxygen atoms in total. The Morgan fingerprint density at radius 3 is 2.72 bits per heavy atom. The summed E-state index contributed by atoms with van der Waals surface area (Å²) in [5.74, 6) is -0.0165. The molecule has 2 aromatic rings. The lowest BCUT2D eigenvalue weighted by molar-refractivity contribution is -0.120. The van der Waals surface area contributed by atoms with Gasteiger partial charge in [-0.2, -0.15) is 0 Å². The van der Waals surface area contributed by atoms with Crippen LogP contribution in [0.3, 0.4) is 0 Å². The van der Waals surface area contributed by atoms with Crippen molar-refractivity contribution in [1.82, 2.24) is 0 Å². The molecule has 0 aliphatic heterocycles. The van der Waals surface area contributed by atoms with Gasteiger partial charge in [0.25, 0.3) is 5.91 Å². The quantitative estimate of drug-likeness (QED) is 0.680. The number of anilines is 2. The standard InChI is InChI=1S/C18H22N2O5/c1-3-4-9-24-12-17(21)19-13-7-8-15(23-2)14(11-13)20-18(22)16-6-5-10-25-16/h5-8,10-11H,3-4,9,12H2,1-2H3,(H,19,21)(H,20,22). The maximum Gasteiger partial charge on any atom is 0.291 e. The average Bonchev–Trinajstić information content (AvgIpc) is 3.14. The van der Waals surface area contributed by atoms with Crippen molar-refractivity contribution in [3.05, 3.63) is 42.4 Å². The highest BCUT2D eigenvalue weighted by Crippen LogP contribution is 2.28. The summed E-state index contributed by atoms with van der Waals surface area (Å²) >= 11 is 0. The second kappa shape index (κ2) is 9.48. The minimum absolute atomic E-state index is 0.0138. The van der Waals surface area contributed by atoms with Gasteiger partial charge in [-0.1, -0.05) is 13.3 Å². The summed E-state index contributed by atoms with van der Waals surface area (Å²) in [5, 5.41) is 5.42. The van der Waals surface area contributed by atoms with E-state index in [1.54, 1.807) is 30.3 Å². The molecule has 0 aliphatic rings. The van der Waals surface area contributed by atoms with E-state index in [1.807, 2.05) is 0 Å². The van der Waals surface area contributed by atoms with Crippen LogP contribution in [-0.4, -0.2) is 32.1 Å². The first-order valence-electron chi connectivity index (χ1n) is 8.04. The molecule has 0 spiro atoms. The van der Waals surface area contributed by atoms with E-state index in [0.717, 1.165) is 12.8 Å². The molecule has 25 heavy (non-hydrogen) atoms. The average molecular weight is 346 g/mol. The van der Waals surface area contributed by atoms with Crippen molar-refractivity contribution in [2.45, 2.75) is 19.8 Å². The number of benzene rings is 1. The van der Waals surface area contributed by atoms with Crippen molar-refractivity contribution >= 4 is 23.2 Å². The number of hydrogen-bond donors (Lipinski definition) is 2. The molecule has 0 saturated heterocycles. The predicted octanol–water partition coefficient (Wildman–Crippen LogP) is 3.30. The largest absolute Gasteiger partial charge is 0.495 e. The van der Waals surface area contributed by atoms with Crippen LogP contribution in [0.25, 0.3) is 0 Å². The van der Waals surface area contributed by atoms with Gasteiger partial charge in [-0.25, -0.2) is 0 Å². The van der Waals surface area contributed by atoms with Crippen LogP contribution in [0, 0.1) is 0 Å². The Hall–Kier alpha value is -2.80. The van der Waals surface area contributed by atoms with Crippen LogP contribution in [0.1, 0.15) is 30.3 Å². The first-order chi connectivity index (χ1) is 12.1. The van der Waals surface area contributed by atoms with Crippen molar-refractivity contribution in [2.75, 3.05) is 31.0 Å². The monoisotopic (exact) mass is 346 g/mol. The number of rotatable bonds is 9. The summed E-state index contributed by atoms with van der Waals surface area (Å²) in [5.41, 5.74) is 0.952. The summed E-state index contributed by atoms with van der Waals surface area (Å²) in [6.07, 6.45) is 3.35. The fraction of sp³-hybridized carbons (Fsp3) is 0.333. The highest BCUT2D eigenvalue weighted by Gasteiger charge is 2.13. The molecule has 7 heteroatoms. The fourth-order valence-electron chi connectivity index (χ4n) is 2.08. The lowest BCUT2D eigenvalue weighted by Crippen LogP contribution is -2.19. The molecule has 2 rings (SSSR count). The van der Waals surface area contributed by atoms with E-state index in [9.17, 15) is 9.59 Å². The van der Waals surface area contributed by atoms with Gasteiger partial charge in [0.1, 0.15) is 12.4 Å². The third kappa shape index (κ3) is 5.65. The zero-order valence-corrected chi connectivity index (χ0v) is 14.3. The molecule has 0 unspecified atom stereocenters. The van der Waals surface area contributed by atoms with E-state index < -0.39 is 5.91 Å². The molecule has 1 heterocycles.